The standard InChI is InChI=1S/C24H24N2O4S/c27-24(25-22-15-6-7-16-23(22)30-20-11-4-5-12-20)18-9-8-10-19(17-18)26-31(28,29)21-13-2-1-3-14-21/h1-3,6-10,13-17,20,26H,4-5,11-12H2,(H,25,27). The van der Waals surface area contributed by atoms with E-state index < -0.39 is 10.0 Å². The maximum absolute atomic E-state index is 12.8. The summed E-state index contributed by atoms with van der Waals surface area (Å²) in [5, 5.41) is 2.88. The Hall–Kier alpha value is -3.32. The van der Waals surface area contributed by atoms with Crippen LogP contribution in [0.5, 0.6) is 5.75 Å². The smallest absolute Gasteiger partial charge is 0.261 e. The van der Waals surface area contributed by atoms with E-state index in [4.69, 9.17) is 4.74 Å². The molecular formula is C24H24N2O4S. The molecule has 160 valence electrons. The molecular weight excluding hydrogens is 412 g/mol. The number of amides is 1. The van der Waals surface area contributed by atoms with E-state index in [1.54, 1.807) is 42.5 Å². The highest BCUT2D eigenvalue weighted by molar-refractivity contribution is 7.92. The van der Waals surface area contributed by atoms with E-state index in [-0.39, 0.29) is 16.9 Å². The molecule has 0 unspecified atom stereocenters. The molecule has 0 bridgehead atoms. The fraction of sp³-hybridized carbons (Fsp3) is 0.208. The van der Waals surface area contributed by atoms with E-state index in [0.717, 1.165) is 25.7 Å². The van der Waals surface area contributed by atoms with Crippen molar-refractivity contribution in [3.63, 3.8) is 0 Å². The Morgan fingerprint density at radius 2 is 1.58 bits per heavy atom. The van der Waals surface area contributed by atoms with Crippen LogP contribution in [0.25, 0.3) is 0 Å². The summed E-state index contributed by atoms with van der Waals surface area (Å²) in [6, 6.07) is 21.8. The van der Waals surface area contributed by atoms with Crippen molar-refractivity contribution in [2.24, 2.45) is 0 Å². The number of para-hydroxylation sites is 2. The largest absolute Gasteiger partial charge is 0.488 e. The Balaban J connectivity index is 1.49. The lowest BCUT2D eigenvalue weighted by Crippen LogP contribution is -2.17. The molecule has 0 saturated heterocycles. The van der Waals surface area contributed by atoms with Crippen LogP contribution in [0.15, 0.2) is 83.8 Å². The maximum Gasteiger partial charge on any atom is 0.261 e. The highest BCUT2D eigenvalue weighted by Crippen LogP contribution is 2.30. The van der Waals surface area contributed by atoms with Gasteiger partial charge in [-0.3, -0.25) is 9.52 Å². The first-order chi connectivity index (χ1) is 15.0. The third-order valence-corrected chi connectivity index (χ3v) is 6.56. The second-order valence-electron chi connectivity index (χ2n) is 7.47. The van der Waals surface area contributed by atoms with E-state index in [1.165, 1.54) is 18.2 Å². The number of carbonyl (C=O) groups is 1. The lowest BCUT2D eigenvalue weighted by molar-refractivity contribution is 0.102. The molecule has 31 heavy (non-hydrogen) atoms. The Morgan fingerprint density at radius 3 is 2.35 bits per heavy atom. The maximum atomic E-state index is 12.8. The van der Waals surface area contributed by atoms with Crippen molar-refractivity contribution in [2.45, 2.75) is 36.7 Å². The molecule has 0 aliphatic heterocycles. The van der Waals surface area contributed by atoms with Gasteiger partial charge >= 0.3 is 0 Å². The van der Waals surface area contributed by atoms with E-state index in [2.05, 4.69) is 10.0 Å². The third-order valence-electron chi connectivity index (χ3n) is 5.16. The molecule has 7 heteroatoms. The van der Waals surface area contributed by atoms with Crippen LogP contribution < -0.4 is 14.8 Å². The number of ether oxygens (including phenoxy) is 1. The Morgan fingerprint density at radius 1 is 0.871 bits per heavy atom. The monoisotopic (exact) mass is 436 g/mol. The summed E-state index contributed by atoms with van der Waals surface area (Å²) in [6.07, 6.45) is 4.53. The molecule has 0 spiro atoms. The molecule has 1 aliphatic carbocycles. The second-order valence-corrected chi connectivity index (χ2v) is 9.16. The van der Waals surface area contributed by atoms with Gasteiger partial charge in [0.2, 0.25) is 0 Å². The molecule has 2 N–H and O–H groups in total. The minimum absolute atomic E-state index is 0.155. The van der Waals surface area contributed by atoms with Gasteiger partial charge in [0.15, 0.2) is 0 Å². The zero-order valence-corrected chi connectivity index (χ0v) is 17.8. The van der Waals surface area contributed by atoms with E-state index in [0.29, 0.717) is 22.7 Å². The van der Waals surface area contributed by atoms with Crippen molar-refractivity contribution in [1.29, 1.82) is 0 Å². The number of sulfonamides is 1. The molecule has 0 aromatic heterocycles. The molecule has 6 nitrogen and oxygen atoms in total. The molecule has 3 aromatic carbocycles. The fourth-order valence-corrected chi connectivity index (χ4v) is 4.66. The normalized spacial score (nSPS) is 14.2. The number of hydrogen-bond donors (Lipinski definition) is 2. The zero-order valence-electron chi connectivity index (χ0n) is 17.0. The van der Waals surface area contributed by atoms with Crippen molar-refractivity contribution in [1.82, 2.24) is 0 Å². The third kappa shape index (κ3) is 5.24. The quantitative estimate of drug-likeness (QED) is 0.542. The summed E-state index contributed by atoms with van der Waals surface area (Å²) in [5.74, 6) is 0.298. The van der Waals surface area contributed by atoms with Crippen LogP contribution in [0.4, 0.5) is 11.4 Å². The summed E-state index contributed by atoms with van der Waals surface area (Å²) >= 11 is 0. The topological polar surface area (TPSA) is 84.5 Å². The van der Waals surface area contributed by atoms with Gasteiger partial charge in [-0.2, -0.15) is 0 Å². The molecule has 1 fully saturated rings. The lowest BCUT2D eigenvalue weighted by Gasteiger charge is -2.17. The molecule has 0 radical (unpaired) electrons. The number of nitrogens with one attached hydrogen (secondary N) is 2. The molecule has 1 aliphatic rings. The van der Waals surface area contributed by atoms with Crippen LogP contribution in [-0.2, 0) is 10.0 Å². The summed E-state index contributed by atoms with van der Waals surface area (Å²) in [6.45, 7) is 0. The van der Waals surface area contributed by atoms with Gasteiger partial charge < -0.3 is 10.1 Å². The van der Waals surface area contributed by atoms with Gasteiger partial charge in [-0.05, 0) is 68.1 Å². The average Bonchev–Trinajstić information content (AvgIpc) is 3.29. The number of hydrogen-bond acceptors (Lipinski definition) is 4. The molecule has 0 heterocycles. The van der Waals surface area contributed by atoms with Gasteiger partial charge in [0.05, 0.1) is 16.7 Å². The van der Waals surface area contributed by atoms with Crippen molar-refractivity contribution in [3.8, 4) is 5.75 Å². The van der Waals surface area contributed by atoms with Crippen LogP contribution in [0.2, 0.25) is 0 Å². The first kappa shape index (κ1) is 20.9. The summed E-state index contributed by atoms with van der Waals surface area (Å²) in [5.41, 5.74) is 1.24. The van der Waals surface area contributed by atoms with Crippen molar-refractivity contribution in [3.05, 3.63) is 84.4 Å². The molecule has 4 rings (SSSR count). The van der Waals surface area contributed by atoms with E-state index in [9.17, 15) is 13.2 Å². The van der Waals surface area contributed by atoms with Gasteiger partial charge in [0.25, 0.3) is 15.9 Å². The van der Waals surface area contributed by atoms with Gasteiger partial charge in [-0.1, -0.05) is 36.4 Å². The molecule has 3 aromatic rings. The summed E-state index contributed by atoms with van der Waals surface area (Å²) < 4.78 is 33.7. The van der Waals surface area contributed by atoms with Crippen LogP contribution in [0.1, 0.15) is 36.0 Å². The Labute approximate surface area is 182 Å². The highest BCUT2D eigenvalue weighted by Gasteiger charge is 2.19. The number of rotatable bonds is 7. The first-order valence-corrected chi connectivity index (χ1v) is 11.7. The SMILES string of the molecule is O=C(Nc1ccccc1OC1CCCC1)c1cccc(NS(=O)(=O)c2ccccc2)c1. The van der Waals surface area contributed by atoms with Gasteiger partial charge in [0.1, 0.15) is 5.75 Å². The second kappa shape index (κ2) is 9.22. The van der Waals surface area contributed by atoms with Gasteiger partial charge in [-0.15, -0.1) is 0 Å². The minimum atomic E-state index is -3.74. The minimum Gasteiger partial charge on any atom is -0.488 e. The van der Waals surface area contributed by atoms with E-state index in [1.807, 2.05) is 18.2 Å². The van der Waals surface area contributed by atoms with Gasteiger partial charge in [0, 0.05) is 11.3 Å². The Bertz CT molecular complexity index is 1160. The molecule has 1 saturated carbocycles. The van der Waals surface area contributed by atoms with Crippen LogP contribution in [0, 0.1) is 0 Å². The van der Waals surface area contributed by atoms with Crippen molar-refractivity contribution in [2.75, 3.05) is 10.0 Å². The van der Waals surface area contributed by atoms with E-state index >= 15 is 0 Å². The zero-order chi connectivity index (χ0) is 21.7. The Kier molecular flexibility index (Phi) is 6.23. The van der Waals surface area contributed by atoms with Crippen molar-refractivity contribution >= 4 is 27.3 Å². The van der Waals surface area contributed by atoms with Crippen LogP contribution in [-0.4, -0.2) is 20.4 Å². The average molecular weight is 437 g/mol. The molecule has 0 atom stereocenters. The lowest BCUT2D eigenvalue weighted by atomic mass is 10.2. The highest BCUT2D eigenvalue weighted by atomic mass is 32.2. The summed E-state index contributed by atoms with van der Waals surface area (Å²) in [4.78, 5) is 13.0. The fourth-order valence-electron chi connectivity index (χ4n) is 3.59. The van der Waals surface area contributed by atoms with Crippen LogP contribution in [0.3, 0.4) is 0 Å². The first-order valence-electron chi connectivity index (χ1n) is 10.3. The number of benzene rings is 3. The number of anilines is 2. The van der Waals surface area contributed by atoms with Crippen LogP contribution >= 0.6 is 0 Å². The molecule has 1 amide bonds. The predicted octanol–water partition coefficient (Wildman–Crippen LogP) is 5.06. The predicted molar refractivity (Wildman–Crippen MR) is 121 cm³/mol. The van der Waals surface area contributed by atoms with Crippen molar-refractivity contribution < 1.29 is 17.9 Å². The van der Waals surface area contributed by atoms with Gasteiger partial charge in [-0.25, -0.2) is 8.42 Å². The summed E-state index contributed by atoms with van der Waals surface area (Å²) in [7, 11) is -3.74. The number of carbonyl (C=O) groups excluding carboxylic acids is 1.